The maximum absolute atomic E-state index is 10.3. The highest BCUT2D eigenvalue weighted by atomic mass is 16.5. The van der Waals surface area contributed by atoms with Crippen LogP contribution in [0.2, 0.25) is 0 Å². The van der Waals surface area contributed by atoms with Crippen molar-refractivity contribution in [2.24, 2.45) is 5.92 Å². The van der Waals surface area contributed by atoms with Crippen LogP contribution in [0.25, 0.3) is 0 Å². The second-order valence-corrected chi connectivity index (χ2v) is 6.46. The van der Waals surface area contributed by atoms with Crippen LogP contribution in [0.4, 0.5) is 0 Å². The standard InChI is InChI=1S/C15H28N2O2/c18-14(11-16-7-9-19-10-8-16)12-17-6-2-4-13-3-1-5-15(13)17/h13-15,18H,1-12H2. The Bertz CT molecular complexity index is 281. The molecule has 0 aromatic rings. The second-order valence-electron chi connectivity index (χ2n) is 6.46. The Hall–Kier alpha value is -0.160. The maximum atomic E-state index is 10.3. The van der Waals surface area contributed by atoms with Gasteiger partial charge in [0.15, 0.2) is 0 Å². The van der Waals surface area contributed by atoms with Crippen molar-refractivity contribution in [1.82, 2.24) is 9.80 Å². The molecule has 2 aliphatic heterocycles. The van der Waals surface area contributed by atoms with Crippen LogP contribution in [0.15, 0.2) is 0 Å². The van der Waals surface area contributed by atoms with Crippen molar-refractivity contribution in [3.63, 3.8) is 0 Å². The number of aliphatic hydroxyl groups is 1. The predicted octanol–water partition coefficient (Wildman–Crippen LogP) is 0.944. The fourth-order valence-corrected chi connectivity index (χ4v) is 4.19. The summed E-state index contributed by atoms with van der Waals surface area (Å²) in [6.07, 6.45) is 6.71. The third-order valence-corrected chi connectivity index (χ3v) is 5.13. The van der Waals surface area contributed by atoms with E-state index in [1.54, 1.807) is 0 Å². The summed E-state index contributed by atoms with van der Waals surface area (Å²) < 4.78 is 5.35. The molecule has 1 N–H and O–H groups in total. The molecule has 4 heteroatoms. The summed E-state index contributed by atoms with van der Waals surface area (Å²) >= 11 is 0. The molecular weight excluding hydrogens is 240 g/mol. The molecular formula is C15H28N2O2. The molecule has 19 heavy (non-hydrogen) atoms. The number of hydrogen-bond acceptors (Lipinski definition) is 4. The van der Waals surface area contributed by atoms with Gasteiger partial charge in [-0.15, -0.1) is 0 Å². The predicted molar refractivity (Wildman–Crippen MR) is 75.2 cm³/mol. The zero-order valence-electron chi connectivity index (χ0n) is 12.0. The summed E-state index contributed by atoms with van der Waals surface area (Å²) in [5.41, 5.74) is 0. The first-order valence-electron chi connectivity index (χ1n) is 8.05. The minimum atomic E-state index is -0.197. The van der Waals surface area contributed by atoms with Gasteiger partial charge in [-0.2, -0.15) is 0 Å². The third-order valence-electron chi connectivity index (χ3n) is 5.13. The zero-order chi connectivity index (χ0) is 13.1. The van der Waals surface area contributed by atoms with Gasteiger partial charge in [0.1, 0.15) is 0 Å². The molecule has 3 aliphatic rings. The van der Waals surface area contributed by atoms with Gasteiger partial charge in [-0.1, -0.05) is 6.42 Å². The van der Waals surface area contributed by atoms with Crippen molar-refractivity contribution in [3.05, 3.63) is 0 Å². The molecule has 4 nitrogen and oxygen atoms in total. The Morgan fingerprint density at radius 1 is 1.00 bits per heavy atom. The summed E-state index contributed by atoms with van der Waals surface area (Å²) in [6.45, 7) is 6.48. The maximum Gasteiger partial charge on any atom is 0.0793 e. The molecule has 1 aliphatic carbocycles. The lowest BCUT2D eigenvalue weighted by Gasteiger charge is -2.39. The number of fused-ring (bicyclic) bond motifs is 1. The average molecular weight is 268 g/mol. The van der Waals surface area contributed by atoms with E-state index in [0.717, 1.165) is 51.4 Å². The van der Waals surface area contributed by atoms with Gasteiger partial charge in [0, 0.05) is 32.2 Å². The van der Waals surface area contributed by atoms with Crippen LogP contribution in [0, 0.1) is 5.92 Å². The number of β-amino-alcohol motifs (C(OH)–C–C–N with tert-alkyl or cyclic N) is 1. The van der Waals surface area contributed by atoms with Crippen LogP contribution in [-0.4, -0.2) is 73.0 Å². The molecule has 3 rings (SSSR count). The van der Waals surface area contributed by atoms with Gasteiger partial charge in [0.25, 0.3) is 0 Å². The third kappa shape index (κ3) is 3.48. The van der Waals surface area contributed by atoms with Crippen molar-refractivity contribution in [2.75, 3.05) is 45.9 Å². The first kappa shape index (κ1) is 13.8. The van der Waals surface area contributed by atoms with Gasteiger partial charge in [-0.05, 0) is 38.1 Å². The Kier molecular flexibility index (Phi) is 4.74. The SMILES string of the molecule is OC(CN1CCOCC1)CN1CCCC2CCCC21. The molecule has 3 unspecified atom stereocenters. The average Bonchev–Trinajstić information content (AvgIpc) is 2.89. The largest absolute Gasteiger partial charge is 0.390 e. The van der Waals surface area contributed by atoms with Crippen LogP contribution >= 0.6 is 0 Å². The minimum absolute atomic E-state index is 0.197. The summed E-state index contributed by atoms with van der Waals surface area (Å²) in [6, 6.07) is 0.771. The first-order valence-corrected chi connectivity index (χ1v) is 8.05. The monoisotopic (exact) mass is 268 g/mol. The van der Waals surface area contributed by atoms with Gasteiger partial charge >= 0.3 is 0 Å². The first-order chi connectivity index (χ1) is 9.33. The fourth-order valence-electron chi connectivity index (χ4n) is 4.19. The van der Waals surface area contributed by atoms with E-state index in [-0.39, 0.29) is 6.10 Å². The molecule has 0 radical (unpaired) electrons. The van der Waals surface area contributed by atoms with Crippen LogP contribution < -0.4 is 0 Å². The number of likely N-dealkylation sites (tertiary alicyclic amines) is 1. The molecule has 0 aromatic heterocycles. The highest BCUT2D eigenvalue weighted by Crippen LogP contribution is 2.36. The van der Waals surface area contributed by atoms with E-state index >= 15 is 0 Å². The zero-order valence-corrected chi connectivity index (χ0v) is 12.0. The Morgan fingerprint density at radius 2 is 1.79 bits per heavy atom. The number of piperidine rings is 1. The van der Waals surface area contributed by atoms with E-state index in [9.17, 15) is 5.11 Å². The van der Waals surface area contributed by atoms with Crippen molar-refractivity contribution < 1.29 is 9.84 Å². The summed E-state index contributed by atoms with van der Waals surface area (Å²) in [5.74, 6) is 0.921. The molecule has 110 valence electrons. The van der Waals surface area contributed by atoms with E-state index in [0.29, 0.717) is 0 Å². The Balaban J connectivity index is 1.46. The normalized spacial score (nSPS) is 35.2. The number of rotatable bonds is 4. The molecule has 0 bridgehead atoms. The lowest BCUT2D eigenvalue weighted by molar-refractivity contribution is -0.00374. The highest BCUT2D eigenvalue weighted by molar-refractivity contribution is 4.90. The van der Waals surface area contributed by atoms with E-state index in [2.05, 4.69) is 9.80 Å². The quantitative estimate of drug-likeness (QED) is 0.823. The molecule has 3 atom stereocenters. The van der Waals surface area contributed by atoms with Gasteiger partial charge in [-0.25, -0.2) is 0 Å². The highest BCUT2D eigenvalue weighted by Gasteiger charge is 2.35. The lowest BCUT2D eigenvalue weighted by atomic mass is 9.92. The van der Waals surface area contributed by atoms with E-state index in [1.165, 1.54) is 38.6 Å². The number of ether oxygens (including phenoxy) is 1. The van der Waals surface area contributed by atoms with Crippen molar-refractivity contribution >= 4 is 0 Å². The van der Waals surface area contributed by atoms with E-state index in [1.807, 2.05) is 0 Å². The number of morpholine rings is 1. The van der Waals surface area contributed by atoms with Crippen LogP contribution in [-0.2, 0) is 4.74 Å². The lowest BCUT2D eigenvalue weighted by Crippen LogP contribution is -2.49. The summed E-state index contributed by atoms with van der Waals surface area (Å²) in [5, 5.41) is 10.3. The molecule has 1 saturated carbocycles. The smallest absolute Gasteiger partial charge is 0.0793 e. The van der Waals surface area contributed by atoms with Crippen molar-refractivity contribution in [2.45, 2.75) is 44.2 Å². The van der Waals surface area contributed by atoms with Gasteiger partial charge in [0.05, 0.1) is 19.3 Å². The fraction of sp³-hybridized carbons (Fsp3) is 1.00. The van der Waals surface area contributed by atoms with Crippen molar-refractivity contribution in [1.29, 1.82) is 0 Å². The summed E-state index contributed by atoms with van der Waals surface area (Å²) in [7, 11) is 0. The minimum Gasteiger partial charge on any atom is -0.390 e. The van der Waals surface area contributed by atoms with Crippen molar-refractivity contribution in [3.8, 4) is 0 Å². The number of nitrogens with zero attached hydrogens (tertiary/aromatic N) is 2. The Morgan fingerprint density at radius 3 is 2.63 bits per heavy atom. The topological polar surface area (TPSA) is 35.9 Å². The number of hydrogen-bond donors (Lipinski definition) is 1. The molecule has 2 saturated heterocycles. The molecule has 0 spiro atoms. The van der Waals surface area contributed by atoms with Gasteiger partial charge in [-0.3, -0.25) is 9.80 Å². The molecule has 0 amide bonds. The molecule has 3 fully saturated rings. The second kappa shape index (κ2) is 6.53. The van der Waals surface area contributed by atoms with Crippen LogP contribution in [0.5, 0.6) is 0 Å². The Labute approximate surface area is 116 Å². The van der Waals surface area contributed by atoms with E-state index in [4.69, 9.17) is 4.74 Å². The van der Waals surface area contributed by atoms with Crippen LogP contribution in [0.3, 0.4) is 0 Å². The molecule has 0 aromatic carbocycles. The molecule has 2 heterocycles. The van der Waals surface area contributed by atoms with E-state index < -0.39 is 0 Å². The van der Waals surface area contributed by atoms with Crippen LogP contribution in [0.1, 0.15) is 32.1 Å². The summed E-state index contributed by atoms with van der Waals surface area (Å²) in [4.78, 5) is 4.91. The number of aliphatic hydroxyl groups excluding tert-OH is 1. The van der Waals surface area contributed by atoms with Gasteiger partial charge < -0.3 is 9.84 Å². The van der Waals surface area contributed by atoms with Gasteiger partial charge in [0.2, 0.25) is 0 Å².